The van der Waals surface area contributed by atoms with Gasteiger partial charge in [0.2, 0.25) is 11.0 Å². The number of rotatable bonds is 3. The quantitative estimate of drug-likeness (QED) is 0.730. The Hall–Kier alpha value is -2.60. The van der Waals surface area contributed by atoms with E-state index in [0.717, 1.165) is 17.0 Å². The molecule has 0 aliphatic carbocycles. The summed E-state index contributed by atoms with van der Waals surface area (Å²) >= 11 is 1.55. The topological polar surface area (TPSA) is 59.9 Å². The molecule has 0 saturated carbocycles. The van der Waals surface area contributed by atoms with Crippen LogP contribution in [0.1, 0.15) is 12.5 Å². The van der Waals surface area contributed by atoms with E-state index in [1.807, 2.05) is 49.4 Å². The van der Waals surface area contributed by atoms with Gasteiger partial charge in [0.15, 0.2) is 11.9 Å². The Kier molecular flexibility index (Phi) is 4.04. The summed E-state index contributed by atoms with van der Waals surface area (Å²) in [4.78, 5) is 4.56. The molecule has 3 aromatic rings. The second kappa shape index (κ2) is 6.49. The van der Waals surface area contributed by atoms with Crippen LogP contribution in [0.2, 0.25) is 0 Å². The van der Waals surface area contributed by atoms with Crippen LogP contribution >= 0.6 is 11.8 Å². The molecule has 1 aromatic heterocycles. The van der Waals surface area contributed by atoms with Crippen LogP contribution in [0, 0.1) is 0 Å². The normalized spacial score (nSPS) is 15.5. The van der Waals surface area contributed by atoms with Gasteiger partial charge in [0.05, 0.1) is 0 Å². The van der Waals surface area contributed by atoms with Gasteiger partial charge in [-0.3, -0.25) is 0 Å². The van der Waals surface area contributed by atoms with Gasteiger partial charge in [-0.05, 0) is 18.6 Å². The van der Waals surface area contributed by atoms with Crippen molar-refractivity contribution in [2.75, 3.05) is 5.32 Å². The van der Waals surface area contributed by atoms with E-state index >= 15 is 0 Å². The van der Waals surface area contributed by atoms with Crippen LogP contribution in [-0.2, 0) is 5.75 Å². The number of thioether (sulfide) groups is 1. The molecule has 1 aliphatic heterocycles. The maximum Gasteiger partial charge on any atom is 0.247 e. The van der Waals surface area contributed by atoms with E-state index in [1.54, 1.807) is 11.8 Å². The summed E-state index contributed by atoms with van der Waals surface area (Å²) in [6, 6.07) is 18.2. The van der Waals surface area contributed by atoms with Crippen molar-refractivity contribution in [2.45, 2.75) is 24.1 Å². The summed E-state index contributed by atoms with van der Waals surface area (Å²) in [6.45, 7) is 1.95. The predicted molar refractivity (Wildman–Crippen MR) is 95.0 cm³/mol. The molecule has 0 bridgehead atoms. The summed E-state index contributed by atoms with van der Waals surface area (Å²) in [5.74, 6) is 1.32. The molecule has 1 aliphatic rings. The van der Waals surface area contributed by atoms with Crippen molar-refractivity contribution in [1.82, 2.24) is 15.2 Å². The first-order valence-electron chi connectivity index (χ1n) is 7.73. The molecular weight excluding hydrogens is 320 g/mol. The Morgan fingerprint density at radius 1 is 1.04 bits per heavy atom. The first-order chi connectivity index (χ1) is 11.8. The van der Waals surface area contributed by atoms with Gasteiger partial charge in [0.25, 0.3) is 0 Å². The minimum atomic E-state index is -0.184. The van der Waals surface area contributed by atoms with Crippen LogP contribution in [0.5, 0.6) is 5.88 Å². The highest BCUT2D eigenvalue weighted by atomic mass is 32.2. The van der Waals surface area contributed by atoms with Crippen LogP contribution < -0.4 is 10.1 Å². The van der Waals surface area contributed by atoms with Gasteiger partial charge in [0, 0.05) is 17.0 Å². The number of hydrogen-bond acceptors (Lipinski definition) is 6. The van der Waals surface area contributed by atoms with E-state index in [2.05, 4.69) is 32.6 Å². The molecule has 6 heteroatoms. The summed E-state index contributed by atoms with van der Waals surface area (Å²) in [5.41, 5.74) is 3.83. The monoisotopic (exact) mass is 336 g/mol. The van der Waals surface area contributed by atoms with Crippen LogP contribution in [-0.4, -0.2) is 21.4 Å². The Balaban J connectivity index is 1.63. The Labute approximate surface area is 144 Å². The highest BCUT2D eigenvalue weighted by Crippen LogP contribution is 2.36. The predicted octanol–water partition coefficient (Wildman–Crippen LogP) is 3.98. The largest absolute Gasteiger partial charge is 0.452 e. The smallest absolute Gasteiger partial charge is 0.247 e. The van der Waals surface area contributed by atoms with E-state index in [-0.39, 0.29) is 6.23 Å². The number of nitrogens with zero attached hydrogens (tertiary/aromatic N) is 3. The molecule has 5 nitrogen and oxygen atoms in total. The Bertz CT molecular complexity index is 857. The van der Waals surface area contributed by atoms with E-state index in [9.17, 15) is 0 Å². The maximum absolute atomic E-state index is 5.89. The Morgan fingerprint density at radius 2 is 1.83 bits per heavy atom. The van der Waals surface area contributed by atoms with Gasteiger partial charge in [0.1, 0.15) is 0 Å². The lowest BCUT2D eigenvalue weighted by Crippen LogP contribution is -2.21. The fourth-order valence-corrected chi connectivity index (χ4v) is 3.30. The lowest BCUT2D eigenvalue weighted by molar-refractivity contribution is 0.240. The van der Waals surface area contributed by atoms with Crippen molar-refractivity contribution in [3.8, 4) is 17.1 Å². The lowest BCUT2D eigenvalue weighted by Gasteiger charge is -2.13. The molecule has 2 heterocycles. The van der Waals surface area contributed by atoms with Crippen LogP contribution in [0.25, 0.3) is 11.3 Å². The number of benzene rings is 2. The molecule has 0 fully saturated rings. The average molecular weight is 336 g/mol. The van der Waals surface area contributed by atoms with Crippen LogP contribution in [0.15, 0.2) is 59.8 Å². The zero-order chi connectivity index (χ0) is 16.4. The molecular formula is C18H16N4OS. The third-order valence-electron chi connectivity index (χ3n) is 3.68. The summed E-state index contributed by atoms with van der Waals surface area (Å²) in [5, 5.41) is 12.6. The number of nitrogens with one attached hydrogen (secondary N) is 1. The lowest BCUT2D eigenvalue weighted by atomic mass is 10.1. The van der Waals surface area contributed by atoms with Crippen LogP contribution in [0.3, 0.4) is 0 Å². The van der Waals surface area contributed by atoms with Crippen molar-refractivity contribution in [1.29, 1.82) is 0 Å². The fraction of sp³-hybridized carbons (Fsp3) is 0.167. The van der Waals surface area contributed by atoms with Crippen molar-refractivity contribution >= 4 is 17.4 Å². The zero-order valence-electron chi connectivity index (χ0n) is 13.1. The Morgan fingerprint density at radius 3 is 2.71 bits per heavy atom. The molecule has 2 aromatic carbocycles. The van der Waals surface area contributed by atoms with Gasteiger partial charge in [-0.2, -0.15) is 4.98 Å². The van der Waals surface area contributed by atoms with Gasteiger partial charge in [-0.25, -0.2) is 0 Å². The molecule has 120 valence electrons. The molecule has 1 N–H and O–H groups in total. The molecule has 1 unspecified atom stereocenters. The molecule has 4 rings (SSSR count). The molecule has 0 radical (unpaired) electrons. The third-order valence-corrected chi connectivity index (χ3v) is 4.58. The van der Waals surface area contributed by atoms with E-state index < -0.39 is 0 Å². The van der Waals surface area contributed by atoms with Gasteiger partial charge < -0.3 is 10.1 Å². The number of anilines is 1. The van der Waals surface area contributed by atoms with E-state index in [0.29, 0.717) is 16.7 Å². The van der Waals surface area contributed by atoms with Crippen molar-refractivity contribution in [2.24, 2.45) is 0 Å². The third kappa shape index (κ3) is 3.05. The molecule has 0 amide bonds. The van der Waals surface area contributed by atoms with Gasteiger partial charge in [-0.1, -0.05) is 60.3 Å². The number of hydrogen-bond donors (Lipinski definition) is 1. The highest BCUT2D eigenvalue weighted by Gasteiger charge is 2.22. The number of para-hydroxylation sites is 1. The maximum atomic E-state index is 5.89. The molecule has 1 atom stereocenters. The van der Waals surface area contributed by atoms with E-state index in [1.165, 1.54) is 5.56 Å². The van der Waals surface area contributed by atoms with Crippen molar-refractivity contribution < 1.29 is 4.74 Å². The minimum Gasteiger partial charge on any atom is -0.452 e. The van der Waals surface area contributed by atoms with Crippen molar-refractivity contribution in [3.05, 3.63) is 60.2 Å². The van der Waals surface area contributed by atoms with Crippen LogP contribution in [0.4, 0.5) is 5.69 Å². The molecule has 24 heavy (non-hydrogen) atoms. The van der Waals surface area contributed by atoms with Gasteiger partial charge in [-0.15, -0.1) is 10.2 Å². The summed E-state index contributed by atoms with van der Waals surface area (Å²) in [6.07, 6.45) is -0.184. The molecule has 0 spiro atoms. The zero-order valence-corrected chi connectivity index (χ0v) is 14.0. The number of aromatic nitrogens is 3. The summed E-state index contributed by atoms with van der Waals surface area (Å²) in [7, 11) is 0. The fourth-order valence-electron chi connectivity index (χ4n) is 2.56. The average Bonchev–Trinajstić information content (AvgIpc) is 2.75. The highest BCUT2D eigenvalue weighted by molar-refractivity contribution is 7.98. The summed E-state index contributed by atoms with van der Waals surface area (Å²) < 4.78 is 5.89. The SMILES string of the molecule is CC1Nc2ccccc2-c2nnc(SCc3ccccc3)nc2O1. The standard InChI is InChI=1S/C18H16N4OS/c1-12-19-15-10-6-5-9-14(15)16-17(23-12)20-18(22-21-16)24-11-13-7-3-2-4-8-13/h2-10,12,19H,11H2,1H3. The number of ether oxygens (including phenoxy) is 1. The van der Waals surface area contributed by atoms with E-state index in [4.69, 9.17) is 4.74 Å². The number of fused-ring (bicyclic) bond motifs is 3. The second-order valence-electron chi connectivity index (χ2n) is 5.47. The van der Waals surface area contributed by atoms with Crippen molar-refractivity contribution in [3.63, 3.8) is 0 Å². The van der Waals surface area contributed by atoms with Gasteiger partial charge >= 0.3 is 0 Å². The first-order valence-corrected chi connectivity index (χ1v) is 8.72. The second-order valence-corrected chi connectivity index (χ2v) is 6.41. The minimum absolute atomic E-state index is 0.184. The first kappa shape index (κ1) is 15.0. The molecule has 0 saturated heterocycles.